The monoisotopic (exact) mass is 576 g/mol. The summed E-state index contributed by atoms with van der Waals surface area (Å²) in [6.07, 6.45) is 1.08. The number of methoxy groups -OCH3 is 1. The molecule has 2 heterocycles. The minimum Gasteiger partial charge on any atom is -0.504 e. The maximum absolute atomic E-state index is 14.0. The van der Waals surface area contributed by atoms with Crippen LogP contribution in [0.2, 0.25) is 0 Å². The van der Waals surface area contributed by atoms with Gasteiger partial charge in [0.15, 0.2) is 17.3 Å². The van der Waals surface area contributed by atoms with E-state index in [4.69, 9.17) is 25.6 Å². The minimum absolute atomic E-state index is 0.123. The highest BCUT2D eigenvalue weighted by Crippen LogP contribution is 2.37. The van der Waals surface area contributed by atoms with Crippen LogP contribution in [0.5, 0.6) is 11.5 Å². The van der Waals surface area contributed by atoms with Gasteiger partial charge in [0.05, 0.1) is 37.9 Å². The number of carbonyl (C=O) groups is 1. The molecule has 2 aromatic carbocycles. The number of nitrogens with one attached hydrogen (secondary N) is 1. The number of allylic oxidation sites excluding steroid dienone is 1. The quantitative estimate of drug-likeness (QED) is 0.0998. The molecule has 3 aromatic rings. The molecule has 0 bridgehead atoms. The van der Waals surface area contributed by atoms with Crippen LogP contribution >= 0.6 is 0 Å². The number of hydrogen-bond acceptors (Lipinski definition) is 9. The number of hydroxylamine groups is 2. The average molecular weight is 577 g/mol. The van der Waals surface area contributed by atoms with Crippen molar-refractivity contribution in [2.75, 3.05) is 20.3 Å². The molecule has 1 aromatic heterocycles. The predicted octanol–water partition coefficient (Wildman–Crippen LogP) is 3.03. The van der Waals surface area contributed by atoms with Gasteiger partial charge in [-0.3, -0.25) is 19.1 Å². The number of aromatic nitrogens is 2. The number of amides is 1. The van der Waals surface area contributed by atoms with Gasteiger partial charge in [-0.2, -0.15) is 0 Å². The SMILES string of the molecule is CCOc1cc2c(cc1OC)-c1cc(=Nc3c(C)cc(C)cc3C)n(CCN(O)C(=O)/C(N)=C(\O)C=N)c(=O)n1CC2. The Kier molecular flexibility index (Phi) is 8.86. The Labute approximate surface area is 243 Å². The summed E-state index contributed by atoms with van der Waals surface area (Å²) in [5.41, 5.74) is 10.9. The molecule has 0 aliphatic carbocycles. The number of ether oxygens (including phenoxy) is 2. The molecule has 42 heavy (non-hydrogen) atoms. The van der Waals surface area contributed by atoms with Crippen LogP contribution < -0.4 is 26.4 Å². The number of nitrogens with two attached hydrogens (primary N) is 1. The molecular formula is C30H36N6O6. The molecule has 0 radical (unpaired) electrons. The smallest absolute Gasteiger partial charge is 0.330 e. The van der Waals surface area contributed by atoms with Gasteiger partial charge in [-0.25, -0.2) is 14.9 Å². The van der Waals surface area contributed by atoms with Gasteiger partial charge in [0.1, 0.15) is 11.2 Å². The van der Waals surface area contributed by atoms with Gasteiger partial charge in [-0.05, 0) is 62.9 Å². The molecule has 5 N–H and O–H groups in total. The summed E-state index contributed by atoms with van der Waals surface area (Å²) < 4.78 is 14.4. The summed E-state index contributed by atoms with van der Waals surface area (Å²) in [4.78, 5) is 31.3. The lowest BCUT2D eigenvalue weighted by Gasteiger charge is -2.25. The fourth-order valence-electron chi connectivity index (χ4n) is 5.16. The number of carbonyl (C=O) groups excluding carboxylic acids is 1. The molecule has 0 atom stereocenters. The van der Waals surface area contributed by atoms with E-state index in [2.05, 4.69) is 0 Å². The second-order valence-electron chi connectivity index (χ2n) is 10.0. The molecule has 12 heteroatoms. The molecule has 1 aliphatic rings. The summed E-state index contributed by atoms with van der Waals surface area (Å²) in [5.74, 6) is -0.690. The van der Waals surface area contributed by atoms with Crippen molar-refractivity contribution in [2.24, 2.45) is 10.7 Å². The largest absolute Gasteiger partial charge is 0.504 e. The number of nitrogens with zero attached hydrogens (tertiary/aromatic N) is 4. The second-order valence-corrected chi connectivity index (χ2v) is 10.0. The van der Waals surface area contributed by atoms with Crippen molar-refractivity contribution in [3.8, 4) is 22.8 Å². The number of aliphatic hydroxyl groups is 1. The van der Waals surface area contributed by atoms with Crippen LogP contribution in [0.25, 0.3) is 11.3 Å². The van der Waals surface area contributed by atoms with Crippen molar-refractivity contribution in [3.63, 3.8) is 0 Å². The molecule has 222 valence electrons. The highest BCUT2D eigenvalue weighted by Gasteiger charge is 2.24. The fraction of sp³-hybridized carbons (Fsp3) is 0.333. The normalized spacial score (nSPS) is 13.1. The Balaban J connectivity index is 1.90. The van der Waals surface area contributed by atoms with Crippen LogP contribution in [-0.2, 0) is 24.3 Å². The number of aryl methyl sites for hydroxylation is 4. The highest BCUT2D eigenvalue weighted by atomic mass is 16.5. The Morgan fingerprint density at radius 1 is 1.17 bits per heavy atom. The van der Waals surface area contributed by atoms with E-state index in [1.165, 1.54) is 4.57 Å². The van der Waals surface area contributed by atoms with E-state index in [0.29, 0.717) is 59.2 Å². The standard InChI is InChI=1S/C30H36N6O6/c1-6-42-25-13-20-7-8-34-22(21(20)14-24(25)41-5)15-26(33-28-18(3)11-17(2)12-19(28)4)35(30(34)39)9-10-36(40)29(38)27(32)23(37)16-31/h11-16,31,37,40H,6-10,32H2,1-5H3/b27-23+,31-16?,33-26?. The number of hydrogen-bond donors (Lipinski definition) is 4. The molecule has 0 spiro atoms. The molecule has 0 fully saturated rings. The zero-order valence-corrected chi connectivity index (χ0v) is 24.4. The first-order chi connectivity index (χ1) is 20.0. The zero-order valence-electron chi connectivity index (χ0n) is 24.4. The molecule has 0 saturated carbocycles. The van der Waals surface area contributed by atoms with Crippen molar-refractivity contribution < 1.29 is 24.6 Å². The van der Waals surface area contributed by atoms with E-state index in [9.17, 15) is 19.9 Å². The molecule has 0 saturated heterocycles. The lowest BCUT2D eigenvalue weighted by atomic mass is 9.97. The Morgan fingerprint density at radius 3 is 2.48 bits per heavy atom. The van der Waals surface area contributed by atoms with E-state index in [0.717, 1.165) is 27.8 Å². The number of benzene rings is 2. The first kappa shape index (κ1) is 30.1. The van der Waals surface area contributed by atoms with E-state index < -0.39 is 17.4 Å². The van der Waals surface area contributed by atoms with Crippen LogP contribution in [0, 0.1) is 26.2 Å². The first-order valence-electron chi connectivity index (χ1n) is 13.5. The summed E-state index contributed by atoms with van der Waals surface area (Å²) in [6.45, 7) is 8.22. The number of rotatable bonds is 9. The van der Waals surface area contributed by atoms with Crippen LogP contribution in [0.15, 0.2) is 51.6 Å². The minimum atomic E-state index is -1.09. The van der Waals surface area contributed by atoms with Gasteiger partial charge in [-0.15, -0.1) is 0 Å². The van der Waals surface area contributed by atoms with Gasteiger partial charge >= 0.3 is 5.69 Å². The molecule has 12 nitrogen and oxygen atoms in total. The van der Waals surface area contributed by atoms with Crippen LogP contribution in [0.3, 0.4) is 0 Å². The van der Waals surface area contributed by atoms with Crippen molar-refractivity contribution in [1.82, 2.24) is 14.2 Å². The maximum atomic E-state index is 14.0. The second kappa shape index (κ2) is 12.4. The summed E-state index contributed by atoms with van der Waals surface area (Å²) in [6, 6.07) is 9.64. The Bertz CT molecular complexity index is 1700. The third kappa shape index (κ3) is 5.79. The van der Waals surface area contributed by atoms with Gasteiger partial charge in [0, 0.05) is 24.7 Å². The molecular weight excluding hydrogens is 540 g/mol. The third-order valence-electron chi connectivity index (χ3n) is 7.14. The van der Waals surface area contributed by atoms with E-state index in [-0.39, 0.29) is 18.8 Å². The van der Waals surface area contributed by atoms with Crippen molar-refractivity contribution >= 4 is 17.8 Å². The van der Waals surface area contributed by atoms with E-state index in [1.807, 2.05) is 58.0 Å². The van der Waals surface area contributed by atoms with Crippen molar-refractivity contribution in [2.45, 2.75) is 47.2 Å². The van der Waals surface area contributed by atoms with Crippen molar-refractivity contribution in [1.29, 1.82) is 5.41 Å². The third-order valence-corrected chi connectivity index (χ3v) is 7.14. The average Bonchev–Trinajstić information content (AvgIpc) is 2.96. The number of fused-ring (bicyclic) bond motifs is 3. The zero-order chi connectivity index (χ0) is 30.7. The summed E-state index contributed by atoms with van der Waals surface area (Å²) in [5, 5.41) is 27.4. The first-order valence-corrected chi connectivity index (χ1v) is 13.5. The van der Waals surface area contributed by atoms with Crippen molar-refractivity contribution in [3.05, 3.63) is 80.0 Å². The van der Waals surface area contributed by atoms with Gasteiger partial charge in [0.2, 0.25) is 0 Å². The lowest BCUT2D eigenvalue weighted by Crippen LogP contribution is -2.45. The van der Waals surface area contributed by atoms with Gasteiger partial charge in [0.25, 0.3) is 5.91 Å². The fourth-order valence-corrected chi connectivity index (χ4v) is 5.16. The number of aliphatic hydroxyl groups excluding tert-OH is 1. The van der Waals surface area contributed by atoms with Crippen LogP contribution in [0.4, 0.5) is 5.69 Å². The molecule has 4 rings (SSSR count). The predicted molar refractivity (Wildman–Crippen MR) is 158 cm³/mol. The maximum Gasteiger partial charge on any atom is 0.330 e. The summed E-state index contributed by atoms with van der Waals surface area (Å²) >= 11 is 0. The van der Waals surface area contributed by atoms with E-state index >= 15 is 0 Å². The van der Waals surface area contributed by atoms with Gasteiger partial charge < -0.3 is 25.7 Å². The highest BCUT2D eigenvalue weighted by molar-refractivity contribution is 5.96. The van der Waals surface area contributed by atoms with Gasteiger partial charge in [-0.1, -0.05) is 17.7 Å². The van der Waals surface area contributed by atoms with Crippen LogP contribution in [-0.4, -0.2) is 56.9 Å². The molecule has 1 amide bonds. The Morgan fingerprint density at radius 2 is 1.86 bits per heavy atom. The lowest BCUT2D eigenvalue weighted by molar-refractivity contribution is -0.161. The Hall–Kier alpha value is -4.84. The van der Waals surface area contributed by atoms with Crippen LogP contribution in [0.1, 0.15) is 29.2 Å². The molecule has 1 aliphatic heterocycles. The topological polar surface area (TPSA) is 168 Å². The summed E-state index contributed by atoms with van der Waals surface area (Å²) in [7, 11) is 1.56. The molecule has 0 unspecified atom stereocenters. The van der Waals surface area contributed by atoms with E-state index in [1.54, 1.807) is 11.7 Å².